The Balaban J connectivity index is 1.96. The van der Waals surface area contributed by atoms with Crippen LogP contribution in [0, 0.1) is 5.92 Å². The van der Waals surface area contributed by atoms with Gasteiger partial charge in [-0.05, 0) is 37.0 Å². The molecule has 110 valence electrons. The molecular weight excluding hydrogens is 252 g/mol. The minimum atomic E-state index is 0.0920. The van der Waals surface area contributed by atoms with Crippen LogP contribution >= 0.6 is 0 Å². The average molecular weight is 276 g/mol. The molecule has 2 unspecified atom stereocenters. The first-order valence-corrected chi connectivity index (χ1v) is 7.23. The zero-order chi connectivity index (χ0) is 14.5. The highest BCUT2D eigenvalue weighted by atomic mass is 16.5. The van der Waals surface area contributed by atoms with Gasteiger partial charge in [-0.15, -0.1) is 0 Å². The fourth-order valence-electron chi connectivity index (χ4n) is 2.89. The van der Waals surface area contributed by atoms with Crippen molar-refractivity contribution in [3.05, 3.63) is 29.8 Å². The molecule has 4 nitrogen and oxygen atoms in total. The Hall–Kier alpha value is -1.55. The summed E-state index contributed by atoms with van der Waals surface area (Å²) in [6, 6.07) is 8.02. The number of nitrogens with zero attached hydrogens (tertiary/aromatic N) is 1. The maximum Gasteiger partial charge on any atom is 0.225 e. The van der Waals surface area contributed by atoms with Crippen molar-refractivity contribution in [2.75, 3.05) is 14.2 Å². The Morgan fingerprint density at radius 3 is 2.95 bits per heavy atom. The summed E-state index contributed by atoms with van der Waals surface area (Å²) in [6.45, 7) is 0.613. The van der Waals surface area contributed by atoms with Gasteiger partial charge in [0.25, 0.3) is 0 Å². The Labute approximate surface area is 120 Å². The second-order valence-electron chi connectivity index (χ2n) is 5.67. The fourth-order valence-corrected chi connectivity index (χ4v) is 2.89. The van der Waals surface area contributed by atoms with E-state index in [9.17, 15) is 4.79 Å². The third-order valence-corrected chi connectivity index (χ3v) is 3.99. The molecule has 20 heavy (non-hydrogen) atoms. The van der Waals surface area contributed by atoms with Gasteiger partial charge in [0.05, 0.1) is 7.11 Å². The van der Waals surface area contributed by atoms with Crippen LogP contribution in [-0.4, -0.2) is 31.0 Å². The monoisotopic (exact) mass is 276 g/mol. The molecule has 0 aromatic heterocycles. The minimum Gasteiger partial charge on any atom is -0.497 e. The summed E-state index contributed by atoms with van der Waals surface area (Å²) >= 11 is 0. The Kier molecular flexibility index (Phi) is 5.01. The van der Waals surface area contributed by atoms with Crippen molar-refractivity contribution >= 4 is 5.91 Å². The van der Waals surface area contributed by atoms with Gasteiger partial charge in [0, 0.05) is 25.6 Å². The van der Waals surface area contributed by atoms with Crippen molar-refractivity contribution in [2.24, 2.45) is 11.7 Å². The van der Waals surface area contributed by atoms with Crippen LogP contribution in [0.4, 0.5) is 0 Å². The molecule has 1 amide bonds. The van der Waals surface area contributed by atoms with Gasteiger partial charge in [-0.3, -0.25) is 4.79 Å². The highest BCUT2D eigenvalue weighted by Gasteiger charge is 2.27. The molecular formula is C16H24N2O2. The summed E-state index contributed by atoms with van der Waals surface area (Å²) < 4.78 is 5.21. The molecule has 1 aromatic rings. The number of hydrogen-bond acceptors (Lipinski definition) is 3. The van der Waals surface area contributed by atoms with Crippen LogP contribution < -0.4 is 10.5 Å². The molecule has 2 N–H and O–H groups in total. The van der Waals surface area contributed by atoms with Crippen molar-refractivity contribution in [3.8, 4) is 5.75 Å². The standard InChI is InChI=1S/C16H24N2O2/c1-18(11-12-5-3-8-15(9-12)20-2)16(19)13-6-4-7-14(17)10-13/h3,5,8-9,13-14H,4,6-7,10-11,17H2,1-2H3. The molecule has 1 fully saturated rings. The average Bonchev–Trinajstić information content (AvgIpc) is 2.46. The third kappa shape index (κ3) is 3.73. The number of rotatable bonds is 4. The number of methoxy groups -OCH3 is 1. The molecule has 2 atom stereocenters. The maximum absolute atomic E-state index is 12.4. The minimum absolute atomic E-state index is 0.0920. The summed E-state index contributed by atoms with van der Waals surface area (Å²) in [5.74, 6) is 1.13. The smallest absolute Gasteiger partial charge is 0.225 e. The molecule has 0 aliphatic heterocycles. The molecule has 0 radical (unpaired) electrons. The number of hydrogen-bond donors (Lipinski definition) is 1. The summed E-state index contributed by atoms with van der Waals surface area (Å²) in [4.78, 5) is 14.2. The van der Waals surface area contributed by atoms with E-state index >= 15 is 0 Å². The van der Waals surface area contributed by atoms with Crippen molar-refractivity contribution in [1.29, 1.82) is 0 Å². The molecule has 2 rings (SSSR count). The highest BCUT2D eigenvalue weighted by molar-refractivity contribution is 5.78. The van der Waals surface area contributed by atoms with Gasteiger partial charge in [-0.2, -0.15) is 0 Å². The van der Waals surface area contributed by atoms with Crippen molar-refractivity contribution in [3.63, 3.8) is 0 Å². The number of carbonyl (C=O) groups excluding carboxylic acids is 1. The molecule has 1 aromatic carbocycles. The quantitative estimate of drug-likeness (QED) is 0.917. The third-order valence-electron chi connectivity index (χ3n) is 3.99. The van der Waals surface area contributed by atoms with Crippen LogP contribution in [0.1, 0.15) is 31.2 Å². The first-order chi connectivity index (χ1) is 9.60. The lowest BCUT2D eigenvalue weighted by Crippen LogP contribution is -2.38. The predicted octanol–water partition coefficient (Wildman–Crippen LogP) is 2.17. The van der Waals surface area contributed by atoms with Crippen LogP contribution in [0.15, 0.2) is 24.3 Å². The molecule has 1 aliphatic rings. The number of amides is 1. The van der Waals surface area contributed by atoms with Crippen molar-refractivity contribution in [1.82, 2.24) is 4.90 Å². The number of carbonyl (C=O) groups is 1. The lowest BCUT2D eigenvalue weighted by atomic mass is 9.85. The van der Waals surface area contributed by atoms with Crippen molar-refractivity contribution in [2.45, 2.75) is 38.3 Å². The largest absolute Gasteiger partial charge is 0.497 e. The number of ether oxygens (including phenoxy) is 1. The van der Waals surface area contributed by atoms with E-state index in [2.05, 4.69) is 0 Å². The normalized spacial score (nSPS) is 22.4. The molecule has 0 spiro atoms. The van der Waals surface area contributed by atoms with Gasteiger partial charge < -0.3 is 15.4 Å². The SMILES string of the molecule is COc1cccc(CN(C)C(=O)C2CCCC(N)C2)c1. The predicted molar refractivity (Wildman–Crippen MR) is 79.4 cm³/mol. The Morgan fingerprint density at radius 1 is 1.45 bits per heavy atom. The first kappa shape index (κ1) is 14.9. The van der Waals surface area contributed by atoms with Gasteiger partial charge in [-0.25, -0.2) is 0 Å². The summed E-state index contributed by atoms with van der Waals surface area (Å²) in [5, 5.41) is 0. The second kappa shape index (κ2) is 6.75. The summed E-state index contributed by atoms with van der Waals surface area (Å²) in [7, 11) is 3.51. The van der Waals surface area contributed by atoms with E-state index in [1.807, 2.05) is 31.3 Å². The summed E-state index contributed by atoms with van der Waals surface area (Å²) in [6.07, 6.45) is 3.89. The summed E-state index contributed by atoms with van der Waals surface area (Å²) in [5.41, 5.74) is 7.05. The molecule has 0 heterocycles. The second-order valence-corrected chi connectivity index (χ2v) is 5.67. The maximum atomic E-state index is 12.4. The Bertz CT molecular complexity index is 462. The van der Waals surface area contributed by atoms with Crippen LogP contribution in [0.3, 0.4) is 0 Å². The fraction of sp³-hybridized carbons (Fsp3) is 0.562. The van der Waals surface area contributed by atoms with Crippen molar-refractivity contribution < 1.29 is 9.53 Å². The zero-order valence-corrected chi connectivity index (χ0v) is 12.3. The molecule has 0 saturated heterocycles. The molecule has 1 saturated carbocycles. The van der Waals surface area contributed by atoms with E-state index < -0.39 is 0 Å². The van der Waals surface area contributed by atoms with E-state index in [4.69, 9.17) is 10.5 Å². The highest BCUT2D eigenvalue weighted by Crippen LogP contribution is 2.25. The van der Waals surface area contributed by atoms with E-state index in [-0.39, 0.29) is 17.9 Å². The zero-order valence-electron chi connectivity index (χ0n) is 12.3. The lowest BCUT2D eigenvalue weighted by Gasteiger charge is -2.29. The van der Waals surface area contributed by atoms with Crippen LogP contribution in [0.25, 0.3) is 0 Å². The number of nitrogens with two attached hydrogens (primary N) is 1. The molecule has 4 heteroatoms. The van der Waals surface area contributed by atoms with E-state index in [0.717, 1.165) is 37.0 Å². The Morgan fingerprint density at radius 2 is 2.25 bits per heavy atom. The van der Waals surface area contributed by atoms with Gasteiger partial charge in [-0.1, -0.05) is 18.6 Å². The lowest BCUT2D eigenvalue weighted by molar-refractivity contribution is -0.135. The van der Waals surface area contributed by atoms with E-state index in [0.29, 0.717) is 6.54 Å². The van der Waals surface area contributed by atoms with Gasteiger partial charge in [0.15, 0.2) is 0 Å². The van der Waals surface area contributed by atoms with E-state index in [1.54, 1.807) is 12.0 Å². The molecule has 0 bridgehead atoms. The van der Waals surface area contributed by atoms with Crippen LogP contribution in [0.2, 0.25) is 0 Å². The van der Waals surface area contributed by atoms with Crippen LogP contribution in [-0.2, 0) is 11.3 Å². The van der Waals surface area contributed by atoms with E-state index in [1.165, 1.54) is 0 Å². The van der Waals surface area contributed by atoms with Gasteiger partial charge in [0.1, 0.15) is 5.75 Å². The van der Waals surface area contributed by atoms with Gasteiger partial charge >= 0.3 is 0 Å². The number of benzene rings is 1. The van der Waals surface area contributed by atoms with Gasteiger partial charge in [0.2, 0.25) is 5.91 Å². The first-order valence-electron chi connectivity index (χ1n) is 7.23. The van der Waals surface area contributed by atoms with Crippen LogP contribution in [0.5, 0.6) is 5.75 Å². The topological polar surface area (TPSA) is 55.6 Å². The molecule has 1 aliphatic carbocycles.